The summed E-state index contributed by atoms with van der Waals surface area (Å²) in [4.78, 5) is 0. The molecule has 1 aromatic carbocycles. The van der Waals surface area contributed by atoms with Crippen LogP contribution in [0.3, 0.4) is 0 Å². The first-order chi connectivity index (χ1) is 7.30. The Labute approximate surface area is 91.0 Å². The summed E-state index contributed by atoms with van der Waals surface area (Å²) in [6.45, 7) is 3.79. The Bertz CT molecular complexity index is 357. The Kier molecular flexibility index (Phi) is 3.78. The van der Waals surface area contributed by atoms with E-state index in [0.717, 1.165) is 12.1 Å². The molecule has 0 saturated heterocycles. The SMILES string of the molecule is CC(C)COc1ccc(F)cc1C(F)(F)F. The molecule has 0 bridgehead atoms. The lowest BCUT2D eigenvalue weighted by Gasteiger charge is -2.15. The third kappa shape index (κ3) is 3.40. The zero-order valence-corrected chi connectivity index (χ0v) is 8.94. The number of hydrogen-bond donors (Lipinski definition) is 0. The molecular formula is C11H12F4O. The van der Waals surface area contributed by atoms with Gasteiger partial charge in [0.25, 0.3) is 0 Å². The molecule has 0 N–H and O–H groups in total. The number of hydrogen-bond acceptors (Lipinski definition) is 1. The molecule has 0 radical (unpaired) electrons. The molecule has 0 unspecified atom stereocenters. The number of ether oxygens (including phenoxy) is 1. The maximum Gasteiger partial charge on any atom is 0.420 e. The van der Waals surface area contributed by atoms with Gasteiger partial charge in [0.15, 0.2) is 0 Å². The normalized spacial score (nSPS) is 11.9. The summed E-state index contributed by atoms with van der Waals surface area (Å²) in [5, 5.41) is 0. The molecule has 16 heavy (non-hydrogen) atoms. The largest absolute Gasteiger partial charge is 0.493 e. The molecule has 0 heterocycles. The van der Waals surface area contributed by atoms with Crippen LogP contribution in [0.15, 0.2) is 18.2 Å². The first kappa shape index (κ1) is 12.8. The Hall–Kier alpha value is -1.26. The van der Waals surface area contributed by atoms with Gasteiger partial charge in [-0.1, -0.05) is 13.8 Å². The fourth-order valence-electron chi connectivity index (χ4n) is 1.11. The van der Waals surface area contributed by atoms with E-state index in [4.69, 9.17) is 4.74 Å². The fourth-order valence-corrected chi connectivity index (χ4v) is 1.11. The Morgan fingerprint density at radius 1 is 1.25 bits per heavy atom. The molecule has 0 atom stereocenters. The molecule has 90 valence electrons. The second kappa shape index (κ2) is 4.72. The Morgan fingerprint density at radius 3 is 2.38 bits per heavy atom. The lowest BCUT2D eigenvalue weighted by molar-refractivity contribution is -0.139. The topological polar surface area (TPSA) is 9.23 Å². The van der Waals surface area contributed by atoms with E-state index < -0.39 is 17.6 Å². The van der Waals surface area contributed by atoms with Gasteiger partial charge in [0.1, 0.15) is 17.1 Å². The van der Waals surface area contributed by atoms with Crippen LogP contribution in [0.4, 0.5) is 17.6 Å². The van der Waals surface area contributed by atoms with Crippen molar-refractivity contribution in [1.82, 2.24) is 0 Å². The van der Waals surface area contributed by atoms with Crippen molar-refractivity contribution in [3.63, 3.8) is 0 Å². The number of halogens is 4. The quantitative estimate of drug-likeness (QED) is 0.723. The minimum atomic E-state index is -4.60. The third-order valence-corrected chi connectivity index (χ3v) is 1.82. The van der Waals surface area contributed by atoms with E-state index in [2.05, 4.69) is 0 Å². The molecular weight excluding hydrogens is 224 g/mol. The van der Waals surface area contributed by atoms with Crippen LogP contribution in [0, 0.1) is 11.7 Å². The summed E-state index contributed by atoms with van der Waals surface area (Å²) in [5.41, 5.74) is -1.08. The summed E-state index contributed by atoms with van der Waals surface area (Å²) < 4.78 is 55.2. The molecule has 5 heteroatoms. The number of alkyl halides is 3. The highest BCUT2D eigenvalue weighted by Gasteiger charge is 2.34. The van der Waals surface area contributed by atoms with E-state index in [0.29, 0.717) is 6.07 Å². The van der Waals surface area contributed by atoms with Gasteiger partial charge < -0.3 is 4.74 Å². The van der Waals surface area contributed by atoms with E-state index in [9.17, 15) is 17.6 Å². The highest BCUT2D eigenvalue weighted by Crippen LogP contribution is 2.36. The van der Waals surface area contributed by atoms with Crippen LogP contribution >= 0.6 is 0 Å². The van der Waals surface area contributed by atoms with Crippen molar-refractivity contribution in [2.24, 2.45) is 5.92 Å². The van der Waals surface area contributed by atoms with Gasteiger partial charge in [-0.15, -0.1) is 0 Å². The first-order valence-corrected chi connectivity index (χ1v) is 4.80. The van der Waals surface area contributed by atoms with Crippen molar-refractivity contribution < 1.29 is 22.3 Å². The van der Waals surface area contributed by atoms with Crippen LogP contribution in [0.1, 0.15) is 19.4 Å². The average molecular weight is 236 g/mol. The summed E-state index contributed by atoms with van der Waals surface area (Å²) >= 11 is 0. The predicted octanol–water partition coefficient (Wildman–Crippen LogP) is 3.88. The first-order valence-electron chi connectivity index (χ1n) is 4.80. The zero-order valence-electron chi connectivity index (χ0n) is 8.94. The highest BCUT2D eigenvalue weighted by molar-refractivity contribution is 5.36. The van der Waals surface area contributed by atoms with Crippen molar-refractivity contribution >= 4 is 0 Å². The molecule has 1 aromatic rings. The number of rotatable bonds is 3. The second-order valence-corrected chi connectivity index (χ2v) is 3.84. The third-order valence-electron chi connectivity index (χ3n) is 1.82. The highest BCUT2D eigenvalue weighted by atomic mass is 19.4. The molecule has 0 aliphatic heterocycles. The molecule has 0 spiro atoms. The van der Waals surface area contributed by atoms with E-state index in [1.807, 2.05) is 13.8 Å². The van der Waals surface area contributed by atoms with Crippen LogP contribution in [-0.4, -0.2) is 6.61 Å². The monoisotopic (exact) mass is 236 g/mol. The van der Waals surface area contributed by atoms with Gasteiger partial charge in [-0.2, -0.15) is 13.2 Å². The van der Waals surface area contributed by atoms with Gasteiger partial charge in [-0.3, -0.25) is 0 Å². The van der Waals surface area contributed by atoms with Gasteiger partial charge in [0.2, 0.25) is 0 Å². The molecule has 0 aliphatic carbocycles. The summed E-state index contributed by atoms with van der Waals surface area (Å²) in [5.74, 6) is -1.15. The second-order valence-electron chi connectivity index (χ2n) is 3.84. The zero-order chi connectivity index (χ0) is 12.3. The van der Waals surface area contributed by atoms with Crippen LogP contribution in [-0.2, 0) is 6.18 Å². The molecule has 1 nitrogen and oxygen atoms in total. The average Bonchev–Trinajstić information content (AvgIpc) is 2.14. The maximum atomic E-state index is 12.7. The van der Waals surface area contributed by atoms with Crippen molar-refractivity contribution in [3.05, 3.63) is 29.6 Å². The summed E-state index contributed by atoms with van der Waals surface area (Å²) in [6.07, 6.45) is -4.60. The van der Waals surface area contributed by atoms with Gasteiger partial charge in [0.05, 0.1) is 6.61 Å². The van der Waals surface area contributed by atoms with E-state index in [-0.39, 0.29) is 18.3 Å². The lowest BCUT2D eigenvalue weighted by atomic mass is 10.2. The Morgan fingerprint density at radius 2 is 1.88 bits per heavy atom. The van der Waals surface area contributed by atoms with Gasteiger partial charge in [-0.05, 0) is 24.1 Å². The molecule has 0 aliphatic rings. The van der Waals surface area contributed by atoms with Crippen LogP contribution < -0.4 is 4.74 Å². The fraction of sp³-hybridized carbons (Fsp3) is 0.455. The molecule has 0 amide bonds. The molecule has 0 aromatic heterocycles. The van der Waals surface area contributed by atoms with Crippen LogP contribution in [0.25, 0.3) is 0 Å². The van der Waals surface area contributed by atoms with Gasteiger partial charge in [-0.25, -0.2) is 4.39 Å². The Balaban J connectivity index is 2.99. The molecule has 0 saturated carbocycles. The molecule has 1 rings (SSSR count). The van der Waals surface area contributed by atoms with E-state index in [1.54, 1.807) is 0 Å². The van der Waals surface area contributed by atoms with Gasteiger partial charge in [0, 0.05) is 0 Å². The summed E-state index contributed by atoms with van der Waals surface area (Å²) in [6, 6.07) is 2.39. The predicted molar refractivity (Wildman–Crippen MR) is 51.7 cm³/mol. The van der Waals surface area contributed by atoms with Crippen LogP contribution in [0.5, 0.6) is 5.75 Å². The summed E-state index contributed by atoms with van der Waals surface area (Å²) in [7, 11) is 0. The molecule has 0 fully saturated rings. The van der Waals surface area contributed by atoms with Crippen molar-refractivity contribution in [1.29, 1.82) is 0 Å². The van der Waals surface area contributed by atoms with Crippen molar-refractivity contribution in [2.45, 2.75) is 20.0 Å². The minimum absolute atomic E-state index is 0.103. The maximum absolute atomic E-state index is 12.7. The van der Waals surface area contributed by atoms with Crippen molar-refractivity contribution in [2.75, 3.05) is 6.61 Å². The van der Waals surface area contributed by atoms with E-state index >= 15 is 0 Å². The van der Waals surface area contributed by atoms with Crippen LogP contribution in [0.2, 0.25) is 0 Å². The lowest BCUT2D eigenvalue weighted by Crippen LogP contribution is -2.12. The standard InChI is InChI=1S/C11H12F4O/c1-7(2)6-16-10-4-3-8(12)5-9(10)11(13,14)15/h3-5,7H,6H2,1-2H3. The number of benzene rings is 1. The minimum Gasteiger partial charge on any atom is -0.493 e. The van der Waals surface area contributed by atoms with Gasteiger partial charge >= 0.3 is 6.18 Å². The smallest absolute Gasteiger partial charge is 0.420 e. The van der Waals surface area contributed by atoms with E-state index in [1.165, 1.54) is 0 Å². The van der Waals surface area contributed by atoms with Crippen molar-refractivity contribution in [3.8, 4) is 5.75 Å².